The predicted molar refractivity (Wildman–Crippen MR) is 103 cm³/mol. The Morgan fingerprint density at radius 2 is 2.11 bits per heavy atom. The van der Waals surface area contributed by atoms with Crippen LogP contribution >= 0.6 is 0 Å². The molecule has 1 amide bonds. The van der Waals surface area contributed by atoms with Gasteiger partial charge in [0.05, 0.1) is 18.1 Å². The third-order valence-corrected chi connectivity index (χ3v) is 7.28. The second kappa shape index (κ2) is 9.14. The van der Waals surface area contributed by atoms with Gasteiger partial charge in [-0.2, -0.15) is 4.31 Å². The van der Waals surface area contributed by atoms with Gasteiger partial charge >= 0.3 is 0 Å². The number of hydrogen-bond donors (Lipinski definition) is 2. The summed E-state index contributed by atoms with van der Waals surface area (Å²) in [4.78, 5) is 12.8. The standard InChI is InChI=1S/C19H29N3O4S/c1-2-16-3-4-17(19(23)21-8-6-15-5-7-20-14-15)13-18(16)27(24,25)22-9-11-26-12-10-22/h3-4,13,15,20H,2,5-12,14H2,1H3,(H,21,23). The summed E-state index contributed by atoms with van der Waals surface area (Å²) in [6.07, 6.45) is 2.67. The van der Waals surface area contributed by atoms with E-state index in [0.29, 0.717) is 50.8 Å². The Labute approximate surface area is 161 Å². The Hall–Kier alpha value is -1.48. The van der Waals surface area contributed by atoms with E-state index in [0.717, 1.165) is 31.5 Å². The highest BCUT2D eigenvalue weighted by Gasteiger charge is 2.29. The van der Waals surface area contributed by atoms with Crippen molar-refractivity contribution >= 4 is 15.9 Å². The summed E-state index contributed by atoms with van der Waals surface area (Å²) in [6.45, 7) is 6.06. The number of benzene rings is 1. The van der Waals surface area contributed by atoms with Gasteiger partial charge in [-0.05, 0) is 56.0 Å². The van der Waals surface area contributed by atoms with Crippen molar-refractivity contribution in [2.45, 2.75) is 31.1 Å². The SMILES string of the molecule is CCc1ccc(C(=O)NCCC2CCNC2)cc1S(=O)(=O)N1CCOCC1. The molecule has 0 spiro atoms. The van der Waals surface area contributed by atoms with Gasteiger partial charge in [0.25, 0.3) is 5.91 Å². The zero-order valence-corrected chi connectivity index (χ0v) is 16.7. The molecule has 2 saturated heterocycles. The van der Waals surface area contributed by atoms with Crippen molar-refractivity contribution in [3.63, 3.8) is 0 Å². The smallest absolute Gasteiger partial charge is 0.251 e. The Morgan fingerprint density at radius 1 is 1.33 bits per heavy atom. The Morgan fingerprint density at radius 3 is 2.78 bits per heavy atom. The molecule has 2 heterocycles. The van der Waals surface area contributed by atoms with Gasteiger partial charge in [0.15, 0.2) is 0 Å². The molecule has 1 atom stereocenters. The van der Waals surface area contributed by atoms with Crippen LogP contribution in [0.3, 0.4) is 0 Å². The molecule has 3 rings (SSSR count). The highest BCUT2D eigenvalue weighted by Crippen LogP contribution is 2.23. The minimum absolute atomic E-state index is 0.220. The number of morpholine rings is 1. The van der Waals surface area contributed by atoms with E-state index in [1.165, 1.54) is 10.4 Å². The first kappa shape index (κ1) is 20.3. The fourth-order valence-electron chi connectivity index (χ4n) is 3.61. The monoisotopic (exact) mass is 395 g/mol. The molecule has 0 saturated carbocycles. The van der Waals surface area contributed by atoms with Crippen LogP contribution in [0.2, 0.25) is 0 Å². The molecule has 1 unspecified atom stereocenters. The van der Waals surface area contributed by atoms with Crippen LogP contribution in [0, 0.1) is 5.92 Å². The van der Waals surface area contributed by atoms with Crippen LogP contribution in [0.25, 0.3) is 0 Å². The first-order valence-electron chi connectivity index (χ1n) is 9.72. The summed E-state index contributed by atoms with van der Waals surface area (Å²) in [5.41, 5.74) is 1.12. The quantitative estimate of drug-likeness (QED) is 0.719. The van der Waals surface area contributed by atoms with Crippen LogP contribution in [0.15, 0.2) is 23.1 Å². The molecule has 1 aromatic rings. The average molecular weight is 396 g/mol. The molecule has 1 aromatic carbocycles. The minimum atomic E-state index is -3.63. The van der Waals surface area contributed by atoms with Crippen LogP contribution in [0.1, 0.15) is 35.7 Å². The van der Waals surface area contributed by atoms with E-state index in [1.54, 1.807) is 12.1 Å². The van der Waals surface area contributed by atoms with Crippen LogP contribution in [-0.2, 0) is 21.2 Å². The number of aryl methyl sites for hydroxylation is 1. The summed E-state index contributed by atoms with van der Waals surface area (Å²) in [5, 5.41) is 6.24. The maximum absolute atomic E-state index is 13.1. The van der Waals surface area contributed by atoms with Crippen molar-refractivity contribution in [2.75, 3.05) is 45.9 Å². The first-order chi connectivity index (χ1) is 13.0. The molecule has 2 aliphatic heterocycles. The molecule has 8 heteroatoms. The zero-order valence-electron chi connectivity index (χ0n) is 15.9. The number of rotatable bonds is 7. The molecule has 0 radical (unpaired) electrons. The molecule has 0 aliphatic carbocycles. The van der Waals surface area contributed by atoms with Gasteiger partial charge in [0.2, 0.25) is 10.0 Å². The third kappa shape index (κ3) is 4.87. The van der Waals surface area contributed by atoms with Crippen molar-refractivity contribution in [3.8, 4) is 0 Å². The van der Waals surface area contributed by atoms with Crippen molar-refractivity contribution in [1.82, 2.24) is 14.9 Å². The van der Waals surface area contributed by atoms with Crippen molar-refractivity contribution in [3.05, 3.63) is 29.3 Å². The zero-order chi connectivity index (χ0) is 19.3. The summed E-state index contributed by atoms with van der Waals surface area (Å²) in [7, 11) is -3.63. The van der Waals surface area contributed by atoms with E-state index in [1.807, 2.05) is 6.92 Å². The van der Waals surface area contributed by atoms with Crippen molar-refractivity contribution in [2.24, 2.45) is 5.92 Å². The lowest BCUT2D eigenvalue weighted by atomic mass is 10.1. The van der Waals surface area contributed by atoms with Gasteiger partial charge in [0, 0.05) is 25.2 Å². The van der Waals surface area contributed by atoms with Crippen molar-refractivity contribution in [1.29, 1.82) is 0 Å². The summed E-state index contributed by atoms with van der Waals surface area (Å²) in [5.74, 6) is 0.382. The molecule has 2 aliphatic rings. The number of ether oxygens (including phenoxy) is 1. The van der Waals surface area contributed by atoms with Crippen LogP contribution < -0.4 is 10.6 Å². The van der Waals surface area contributed by atoms with Gasteiger partial charge in [0.1, 0.15) is 0 Å². The Bertz CT molecular complexity index is 754. The van der Waals surface area contributed by atoms with Gasteiger partial charge in [-0.3, -0.25) is 4.79 Å². The molecule has 2 N–H and O–H groups in total. The molecule has 150 valence electrons. The molecule has 2 fully saturated rings. The van der Waals surface area contributed by atoms with Gasteiger partial charge < -0.3 is 15.4 Å². The largest absolute Gasteiger partial charge is 0.379 e. The van der Waals surface area contributed by atoms with Crippen LogP contribution in [-0.4, -0.2) is 64.6 Å². The second-order valence-corrected chi connectivity index (χ2v) is 9.00. The maximum Gasteiger partial charge on any atom is 0.251 e. The first-order valence-corrected chi connectivity index (χ1v) is 11.2. The third-order valence-electron chi connectivity index (χ3n) is 5.30. The lowest BCUT2D eigenvalue weighted by molar-refractivity contribution is 0.0730. The number of nitrogens with zero attached hydrogens (tertiary/aromatic N) is 1. The Kier molecular flexibility index (Phi) is 6.86. The van der Waals surface area contributed by atoms with E-state index in [-0.39, 0.29) is 10.8 Å². The lowest BCUT2D eigenvalue weighted by Gasteiger charge is -2.27. The lowest BCUT2D eigenvalue weighted by Crippen LogP contribution is -2.41. The van der Waals surface area contributed by atoms with E-state index in [9.17, 15) is 13.2 Å². The topological polar surface area (TPSA) is 87.7 Å². The van der Waals surface area contributed by atoms with Gasteiger partial charge in [-0.25, -0.2) is 8.42 Å². The van der Waals surface area contributed by atoms with E-state index in [4.69, 9.17) is 4.74 Å². The number of carbonyl (C=O) groups excluding carboxylic acids is 1. The second-order valence-electron chi connectivity index (χ2n) is 7.10. The molecular weight excluding hydrogens is 366 g/mol. The Balaban J connectivity index is 1.73. The summed E-state index contributed by atoms with van der Waals surface area (Å²) >= 11 is 0. The normalized spacial score (nSPS) is 21.3. The molecular formula is C19H29N3O4S. The fourth-order valence-corrected chi connectivity index (χ4v) is 5.33. The average Bonchev–Trinajstić information content (AvgIpc) is 3.21. The van der Waals surface area contributed by atoms with E-state index >= 15 is 0 Å². The summed E-state index contributed by atoms with van der Waals surface area (Å²) < 4.78 is 32.8. The highest BCUT2D eigenvalue weighted by molar-refractivity contribution is 7.89. The van der Waals surface area contributed by atoms with Crippen molar-refractivity contribution < 1.29 is 17.9 Å². The maximum atomic E-state index is 13.1. The minimum Gasteiger partial charge on any atom is -0.379 e. The number of nitrogens with one attached hydrogen (secondary N) is 2. The molecule has 0 aromatic heterocycles. The fraction of sp³-hybridized carbons (Fsp3) is 0.632. The van der Waals surface area contributed by atoms with E-state index in [2.05, 4.69) is 10.6 Å². The number of carbonyl (C=O) groups is 1. The molecule has 7 nitrogen and oxygen atoms in total. The predicted octanol–water partition coefficient (Wildman–Crippen LogP) is 0.999. The molecule has 27 heavy (non-hydrogen) atoms. The van der Waals surface area contributed by atoms with Gasteiger partial charge in [-0.15, -0.1) is 0 Å². The number of sulfonamides is 1. The van der Waals surface area contributed by atoms with Crippen LogP contribution in [0.5, 0.6) is 0 Å². The summed E-state index contributed by atoms with van der Waals surface area (Å²) in [6, 6.07) is 4.99. The highest BCUT2D eigenvalue weighted by atomic mass is 32.2. The molecule has 0 bridgehead atoms. The number of amides is 1. The van der Waals surface area contributed by atoms with E-state index < -0.39 is 10.0 Å². The van der Waals surface area contributed by atoms with Crippen LogP contribution in [0.4, 0.5) is 0 Å². The number of hydrogen-bond acceptors (Lipinski definition) is 5. The van der Waals surface area contributed by atoms with Gasteiger partial charge in [-0.1, -0.05) is 13.0 Å².